The van der Waals surface area contributed by atoms with Crippen molar-refractivity contribution in [3.8, 4) is 5.95 Å². The molecule has 2 aromatic heterocycles. The molecule has 0 amide bonds. The molecule has 0 aliphatic heterocycles. The highest BCUT2D eigenvalue weighted by molar-refractivity contribution is 6.28. The average molecular weight is 283 g/mol. The second kappa shape index (κ2) is 6.44. The third-order valence-corrected chi connectivity index (χ3v) is 2.50. The minimum Gasteiger partial charge on any atom is -0.377 e. The van der Waals surface area contributed by atoms with Gasteiger partial charge in [-0.1, -0.05) is 0 Å². The second-order valence-electron chi connectivity index (χ2n) is 3.84. The fourth-order valence-corrected chi connectivity index (χ4v) is 1.65. The highest BCUT2D eigenvalue weighted by atomic mass is 35.5. The Hall–Kier alpha value is -1.73. The summed E-state index contributed by atoms with van der Waals surface area (Å²) in [5.41, 5.74) is 0. The van der Waals surface area contributed by atoms with Gasteiger partial charge in [-0.25, -0.2) is 4.98 Å². The van der Waals surface area contributed by atoms with Crippen LogP contribution in [0.1, 0.15) is 13.8 Å². The molecule has 1 N–H and O–H groups in total. The van der Waals surface area contributed by atoms with Crippen molar-refractivity contribution in [3.05, 3.63) is 24.0 Å². The standard InChI is InChI=1S/C11H15ClN6O/c1-3-19-8(2)6-14-10-15-9(12)16-11(17-10)18-5-4-13-7-18/h4-5,7-8H,3,6H2,1-2H3,(H,14,15,16,17). The maximum absolute atomic E-state index is 5.88. The zero-order valence-electron chi connectivity index (χ0n) is 10.7. The van der Waals surface area contributed by atoms with Crippen molar-refractivity contribution in [1.82, 2.24) is 24.5 Å². The van der Waals surface area contributed by atoms with Gasteiger partial charge in [0.2, 0.25) is 17.2 Å². The third-order valence-electron chi connectivity index (χ3n) is 2.33. The van der Waals surface area contributed by atoms with E-state index in [4.69, 9.17) is 16.3 Å². The van der Waals surface area contributed by atoms with E-state index in [1.807, 2.05) is 13.8 Å². The van der Waals surface area contributed by atoms with Gasteiger partial charge >= 0.3 is 0 Å². The van der Waals surface area contributed by atoms with Crippen molar-refractivity contribution in [2.75, 3.05) is 18.5 Å². The normalized spacial score (nSPS) is 12.4. The summed E-state index contributed by atoms with van der Waals surface area (Å²) in [7, 11) is 0. The van der Waals surface area contributed by atoms with Gasteiger partial charge in [-0.3, -0.25) is 4.57 Å². The van der Waals surface area contributed by atoms with Crippen LogP contribution in [0.25, 0.3) is 5.95 Å². The van der Waals surface area contributed by atoms with Gasteiger partial charge in [0.15, 0.2) is 0 Å². The van der Waals surface area contributed by atoms with E-state index in [2.05, 4.69) is 25.3 Å². The van der Waals surface area contributed by atoms with Crippen LogP contribution in [0, 0.1) is 0 Å². The van der Waals surface area contributed by atoms with E-state index in [9.17, 15) is 0 Å². The lowest BCUT2D eigenvalue weighted by Gasteiger charge is -2.12. The number of nitrogens with zero attached hydrogens (tertiary/aromatic N) is 5. The molecule has 0 aliphatic carbocycles. The maximum atomic E-state index is 5.88. The molecule has 2 aromatic rings. The van der Waals surface area contributed by atoms with E-state index in [0.29, 0.717) is 25.0 Å². The number of imidazole rings is 1. The van der Waals surface area contributed by atoms with Crippen LogP contribution in [0.3, 0.4) is 0 Å². The van der Waals surface area contributed by atoms with Crippen LogP contribution >= 0.6 is 11.6 Å². The van der Waals surface area contributed by atoms with Gasteiger partial charge in [0, 0.05) is 25.5 Å². The first-order valence-corrected chi connectivity index (χ1v) is 6.32. The van der Waals surface area contributed by atoms with Gasteiger partial charge in [0.05, 0.1) is 6.10 Å². The van der Waals surface area contributed by atoms with Gasteiger partial charge in [-0.05, 0) is 25.4 Å². The Morgan fingerprint density at radius 2 is 2.26 bits per heavy atom. The molecule has 7 nitrogen and oxygen atoms in total. The summed E-state index contributed by atoms with van der Waals surface area (Å²) in [5.74, 6) is 0.833. The summed E-state index contributed by atoms with van der Waals surface area (Å²) in [6, 6.07) is 0. The molecule has 0 bridgehead atoms. The topological polar surface area (TPSA) is 77.8 Å². The Morgan fingerprint density at radius 1 is 1.42 bits per heavy atom. The van der Waals surface area contributed by atoms with Crippen molar-refractivity contribution in [2.24, 2.45) is 0 Å². The van der Waals surface area contributed by atoms with Gasteiger partial charge in [-0.15, -0.1) is 0 Å². The maximum Gasteiger partial charge on any atom is 0.241 e. The van der Waals surface area contributed by atoms with E-state index < -0.39 is 0 Å². The lowest BCUT2D eigenvalue weighted by Crippen LogP contribution is -2.21. The summed E-state index contributed by atoms with van der Waals surface area (Å²) in [4.78, 5) is 16.2. The minimum atomic E-state index is 0.0669. The number of anilines is 1. The highest BCUT2D eigenvalue weighted by Crippen LogP contribution is 2.09. The zero-order chi connectivity index (χ0) is 13.7. The number of rotatable bonds is 6. The molecular weight excluding hydrogens is 268 g/mol. The van der Waals surface area contributed by atoms with Crippen LogP contribution in [0.15, 0.2) is 18.7 Å². The molecule has 1 atom stereocenters. The van der Waals surface area contributed by atoms with Crippen LogP contribution in [-0.2, 0) is 4.74 Å². The predicted molar refractivity (Wildman–Crippen MR) is 71.5 cm³/mol. The van der Waals surface area contributed by atoms with Gasteiger partial charge in [0.1, 0.15) is 6.33 Å². The number of hydrogen-bond acceptors (Lipinski definition) is 6. The average Bonchev–Trinajstić information content (AvgIpc) is 2.90. The first kappa shape index (κ1) is 13.7. The molecule has 0 aliphatic rings. The van der Waals surface area contributed by atoms with Crippen LogP contribution < -0.4 is 5.32 Å². The highest BCUT2D eigenvalue weighted by Gasteiger charge is 2.08. The number of aromatic nitrogens is 5. The molecule has 102 valence electrons. The molecule has 2 rings (SSSR count). The Labute approximate surface area is 116 Å². The van der Waals surface area contributed by atoms with Crippen molar-refractivity contribution in [2.45, 2.75) is 20.0 Å². The summed E-state index contributed by atoms with van der Waals surface area (Å²) in [6.07, 6.45) is 5.04. The molecule has 0 spiro atoms. The summed E-state index contributed by atoms with van der Waals surface area (Å²) in [6.45, 7) is 5.18. The van der Waals surface area contributed by atoms with Gasteiger partial charge in [-0.2, -0.15) is 15.0 Å². The number of ether oxygens (including phenoxy) is 1. The monoisotopic (exact) mass is 282 g/mol. The first-order chi connectivity index (χ1) is 9.19. The van der Waals surface area contributed by atoms with Gasteiger partial charge < -0.3 is 10.1 Å². The summed E-state index contributed by atoms with van der Waals surface area (Å²) >= 11 is 5.88. The third kappa shape index (κ3) is 3.87. The molecule has 0 radical (unpaired) electrons. The van der Waals surface area contributed by atoms with E-state index in [0.717, 1.165) is 0 Å². The molecule has 0 fully saturated rings. The van der Waals surface area contributed by atoms with Crippen molar-refractivity contribution >= 4 is 17.5 Å². The number of hydrogen-bond donors (Lipinski definition) is 1. The zero-order valence-corrected chi connectivity index (χ0v) is 11.5. The molecule has 1 unspecified atom stereocenters. The summed E-state index contributed by atoms with van der Waals surface area (Å²) in [5, 5.41) is 3.20. The van der Waals surface area contributed by atoms with E-state index in [-0.39, 0.29) is 11.4 Å². The van der Waals surface area contributed by atoms with Crippen molar-refractivity contribution < 1.29 is 4.74 Å². The smallest absolute Gasteiger partial charge is 0.241 e. The lowest BCUT2D eigenvalue weighted by atomic mass is 10.4. The van der Waals surface area contributed by atoms with Crippen LogP contribution in [-0.4, -0.2) is 43.8 Å². The Morgan fingerprint density at radius 3 is 2.95 bits per heavy atom. The molecule has 19 heavy (non-hydrogen) atoms. The number of halogens is 1. The van der Waals surface area contributed by atoms with E-state index in [1.54, 1.807) is 23.3 Å². The molecular formula is C11H15ClN6O. The van der Waals surface area contributed by atoms with E-state index in [1.165, 1.54) is 0 Å². The number of nitrogens with one attached hydrogen (secondary N) is 1. The van der Waals surface area contributed by atoms with Crippen LogP contribution in [0.5, 0.6) is 0 Å². The SMILES string of the molecule is CCOC(C)CNc1nc(Cl)nc(-n2ccnc2)n1. The molecule has 8 heteroatoms. The Kier molecular flexibility index (Phi) is 4.64. The molecule has 0 saturated carbocycles. The van der Waals surface area contributed by atoms with E-state index >= 15 is 0 Å². The summed E-state index contributed by atoms with van der Waals surface area (Å²) < 4.78 is 7.07. The molecule has 0 saturated heterocycles. The fraction of sp³-hybridized carbons (Fsp3) is 0.455. The lowest BCUT2D eigenvalue weighted by molar-refractivity contribution is 0.0854. The first-order valence-electron chi connectivity index (χ1n) is 5.94. The Balaban J connectivity index is 2.09. The fourth-order valence-electron chi connectivity index (χ4n) is 1.49. The Bertz CT molecular complexity index is 518. The predicted octanol–water partition coefficient (Wildman–Crippen LogP) is 1.55. The van der Waals surface area contributed by atoms with Crippen molar-refractivity contribution in [1.29, 1.82) is 0 Å². The van der Waals surface area contributed by atoms with Crippen molar-refractivity contribution in [3.63, 3.8) is 0 Å². The quantitative estimate of drug-likeness (QED) is 0.866. The van der Waals surface area contributed by atoms with Crippen LogP contribution in [0.4, 0.5) is 5.95 Å². The van der Waals surface area contributed by atoms with Crippen LogP contribution in [0.2, 0.25) is 5.28 Å². The largest absolute Gasteiger partial charge is 0.377 e. The molecule has 2 heterocycles. The molecule has 0 aromatic carbocycles. The minimum absolute atomic E-state index is 0.0669. The second-order valence-corrected chi connectivity index (χ2v) is 4.18. The van der Waals surface area contributed by atoms with Gasteiger partial charge in [0.25, 0.3) is 0 Å².